The lowest BCUT2D eigenvalue weighted by Crippen LogP contribution is -2.27. The second kappa shape index (κ2) is 13.4. The Labute approximate surface area is 252 Å². The Hall–Kier alpha value is -3.82. The molecule has 2 fully saturated rings. The first kappa shape index (κ1) is 29.7. The van der Waals surface area contributed by atoms with Crippen molar-refractivity contribution >= 4 is 0 Å². The number of benzene rings is 3. The van der Waals surface area contributed by atoms with E-state index in [-0.39, 0.29) is 6.10 Å². The minimum absolute atomic E-state index is 0.180. The fourth-order valence-electron chi connectivity index (χ4n) is 5.78. The van der Waals surface area contributed by atoms with Crippen LogP contribution < -0.4 is 9.47 Å². The number of hydrogen-bond acceptors (Lipinski definition) is 3. The van der Waals surface area contributed by atoms with Crippen LogP contribution in [-0.4, -0.2) is 25.9 Å². The molecule has 1 saturated carbocycles. The van der Waals surface area contributed by atoms with E-state index < -0.39 is 5.41 Å². The van der Waals surface area contributed by atoms with Crippen LogP contribution in [0.15, 0.2) is 105 Å². The molecule has 0 bridgehead atoms. The van der Waals surface area contributed by atoms with Crippen LogP contribution in [0.2, 0.25) is 0 Å². The van der Waals surface area contributed by atoms with Crippen molar-refractivity contribution < 1.29 is 14.2 Å². The van der Waals surface area contributed by atoms with Crippen LogP contribution in [0.1, 0.15) is 58.7 Å². The van der Waals surface area contributed by atoms with Crippen molar-refractivity contribution in [3.63, 3.8) is 0 Å². The van der Waals surface area contributed by atoms with Crippen LogP contribution in [0.4, 0.5) is 0 Å². The third kappa shape index (κ3) is 6.63. The first-order valence-electron chi connectivity index (χ1n) is 15.2. The largest absolute Gasteiger partial charge is 0.493 e. The zero-order chi connectivity index (χ0) is 29.5. The minimum atomic E-state index is -0.452. The molecule has 42 heavy (non-hydrogen) atoms. The Bertz CT molecular complexity index is 1280. The summed E-state index contributed by atoms with van der Waals surface area (Å²) in [5, 5.41) is 0. The number of epoxide rings is 1. The van der Waals surface area contributed by atoms with Gasteiger partial charge in [-0.25, -0.2) is 0 Å². The molecule has 1 aliphatic heterocycles. The van der Waals surface area contributed by atoms with Crippen molar-refractivity contribution in [3.05, 3.63) is 144 Å². The number of hydrogen-bond donors (Lipinski definition) is 0. The normalized spacial score (nSPS) is 17.1. The van der Waals surface area contributed by atoms with Gasteiger partial charge in [0.05, 0.1) is 13.2 Å². The molecule has 1 aliphatic carbocycles. The summed E-state index contributed by atoms with van der Waals surface area (Å²) in [6, 6.07) is 20.1. The topological polar surface area (TPSA) is 31.0 Å². The van der Waals surface area contributed by atoms with Crippen LogP contribution >= 0.6 is 0 Å². The summed E-state index contributed by atoms with van der Waals surface area (Å²) in [4.78, 5) is 0. The summed E-state index contributed by atoms with van der Waals surface area (Å²) >= 11 is 0. The average molecular weight is 561 g/mol. The van der Waals surface area contributed by atoms with Gasteiger partial charge in [-0.3, -0.25) is 0 Å². The Kier molecular flexibility index (Phi) is 9.49. The molecular formula is C39H44O3. The lowest BCUT2D eigenvalue weighted by atomic mass is 9.69. The summed E-state index contributed by atoms with van der Waals surface area (Å²) in [6.45, 7) is 20.7. The van der Waals surface area contributed by atoms with Gasteiger partial charge in [-0.05, 0) is 90.3 Å². The van der Waals surface area contributed by atoms with E-state index in [1.165, 1.54) is 40.7 Å². The number of rotatable bonds is 17. The highest BCUT2D eigenvalue weighted by molar-refractivity contribution is 5.59. The quantitative estimate of drug-likeness (QED) is 0.0942. The lowest BCUT2D eigenvalue weighted by Gasteiger charge is -2.34. The molecule has 218 valence electrons. The first-order valence-corrected chi connectivity index (χ1v) is 15.2. The molecule has 3 nitrogen and oxygen atoms in total. The summed E-state index contributed by atoms with van der Waals surface area (Å²) in [5.74, 6) is 2.59. The van der Waals surface area contributed by atoms with E-state index in [0.29, 0.717) is 25.4 Å². The summed E-state index contributed by atoms with van der Waals surface area (Å²) in [5.41, 5.74) is 7.79. The standard InChI is InChI=1S/C39H44O3/c1-6-13-29-21-34(22-30(14-7-2)37(29)41-25-28-19-20-28)39(5,33-17-11-10-12-18-33)35-23-31(15-8-3)38(32(24-35)16-9-4)42-27-36-26-40-36/h6-12,17-18,21-24,28,36H,1-4,13-16,19-20,25-27H2,5H3. The van der Waals surface area contributed by atoms with Crippen LogP contribution in [0.25, 0.3) is 0 Å². The van der Waals surface area contributed by atoms with Crippen molar-refractivity contribution in [1.29, 1.82) is 0 Å². The second-order valence-electron chi connectivity index (χ2n) is 11.7. The van der Waals surface area contributed by atoms with Crippen molar-refractivity contribution in [3.8, 4) is 11.5 Å². The van der Waals surface area contributed by atoms with E-state index in [2.05, 4.69) is 87.8 Å². The molecule has 1 heterocycles. The zero-order valence-corrected chi connectivity index (χ0v) is 25.1. The molecule has 2 atom stereocenters. The van der Waals surface area contributed by atoms with Crippen LogP contribution in [0.3, 0.4) is 0 Å². The maximum atomic E-state index is 6.50. The fraction of sp³-hybridized carbons (Fsp3) is 0.333. The summed E-state index contributed by atoms with van der Waals surface area (Å²) < 4.78 is 18.3. The monoisotopic (exact) mass is 560 g/mol. The van der Waals surface area contributed by atoms with Gasteiger partial charge in [0, 0.05) is 5.41 Å². The van der Waals surface area contributed by atoms with Crippen molar-refractivity contribution in [2.75, 3.05) is 19.8 Å². The van der Waals surface area contributed by atoms with Crippen LogP contribution in [-0.2, 0) is 35.8 Å². The molecule has 2 aliphatic rings. The molecular weight excluding hydrogens is 516 g/mol. The highest BCUT2D eigenvalue weighted by atomic mass is 16.6. The molecule has 1 saturated heterocycles. The van der Waals surface area contributed by atoms with Crippen LogP contribution in [0.5, 0.6) is 11.5 Å². The van der Waals surface area contributed by atoms with Gasteiger partial charge in [-0.1, -0.05) is 78.9 Å². The predicted octanol–water partition coefficient (Wildman–Crippen LogP) is 8.52. The van der Waals surface area contributed by atoms with Gasteiger partial charge in [-0.2, -0.15) is 0 Å². The van der Waals surface area contributed by atoms with Gasteiger partial charge in [0.15, 0.2) is 0 Å². The third-order valence-corrected chi connectivity index (χ3v) is 8.42. The molecule has 0 spiro atoms. The number of ether oxygens (including phenoxy) is 3. The molecule has 3 heteroatoms. The van der Waals surface area contributed by atoms with E-state index >= 15 is 0 Å². The third-order valence-electron chi connectivity index (χ3n) is 8.42. The highest BCUT2D eigenvalue weighted by Crippen LogP contribution is 2.44. The maximum absolute atomic E-state index is 6.50. The molecule has 5 rings (SSSR count). The average Bonchev–Trinajstić information content (AvgIpc) is 3.93. The smallest absolute Gasteiger partial charge is 0.126 e. The van der Waals surface area contributed by atoms with Crippen molar-refractivity contribution in [1.82, 2.24) is 0 Å². The molecule has 0 amide bonds. The first-order chi connectivity index (χ1) is 20.5. The molecule has 0 aromatic heterocycles. The van der Waals surface area contributed by atoms with Gasteiger partial charge in [0.25, 0.3) is 0 Å². The van der Waals surface area contributed by atoms with Crippen molar-refractivity contribution in [2.45, 2.75) is 57.0 Å². The highest BCUT2D eigenvalue weighted by Gasteiger charge is 2.34. The molecule has 2 unspecified atom stereocenters. The Morgan fingerprint density at radius 3 is 1.50 bits per heavy atom. The van der Waals surface area contributed by atoms with E-state index in [0.717, 1.165) is 48.7 Å². The van der Waals surface area contributed by atoms with Gasteiger partial charge in [0.2, 0.25) is 0 Å². The van der Waals surface area contributed by atoms with Gasteiger partial charge < -0.3 is 14.2 Å². The maximum Gasteiger partial charge on any atom is 0.126 e. The Morgan fingerprint density at radius 2 is 1.12 bits per heavy atom. The number of allylic oxidation sites excluding steroid dienone is 4. The van der Waals surface area contributed by atoms with Gasteiger partial charge in [-0.15, -0.1) is 26.3 Å². The molecule has 0 N–H and O–H groups in total. The van der Waals surface area contributed by atoms with Gasteiger partial charge in [0.1, 0.15) is 24.2 Å². The molecule has 3 aromatic rings. The summed E-state index contributed by atoms with van der Waals surface area (Å²) in [6.07, 6.45) is 13.4. The predicted molar refractivity (Wildman–Crippen MR) is 174 cm³/mol. The molecule has 3 aromatic carbocycles. The van der Waals surface area contributed by atoms with Crippen molar-refractivity contribution in [2.24, 2.45) is 5.92 Å². The zero-order valence-electron chi connectivity index (χ0n) is 25.1. The van der Waals surface area contributed by atoms with E-state index in [1.54, 1.807) is 0 Å². The van der Waals surface area contributed by atoms with E-state index in [1.807, 2.05) is 24.3 Å². The van der Waals surface area contributed by atoms with E-state index in [9.17, 15) is 0 Å². The fourth-order valence-corrected chi connectivity index (χ4v) is 5.78. The Morgan fingerprint density at radius 1 is 0.690 bits per heavy atom. The second-order valence-corrected chi connectivity index (χ2v) is 11.7. The lowest BCUT2D eigenvalue weighted by molar-refractivity contribution is 0.259. The Balaban J connectivity index is 1.71. The molecule has 0 radical (unpaired) electrons. The van der Waals surface area contributed by atoms with Gasteiger partial charge >= 0.3 is 0 Å². The minimum Gasteiger partial charge on any atom is -0.493 e. The SMILES string of the molecule is C=CCc1cc(C(C)(c2ccccc2)c2cc(CC=C)c(OCC3CO3)c(CC=C)c2)cc(CC=C)c1OCC1CC1. The van der Waals surface area contributed by atoms with E-state index in [4.69, 9.17) is 14.2 Å². The van der Waals surface area contributed by atoms with Crippen LogP contribution in [0, 0.1) is 5.92 Å². The summed E-state index contributed by atoms with van der Waals surface area (Å²) in [7, 11) is 0.